The van der Waals surface area contributed by atoms with E-state index in [1.54, 1.807) is 36.1 Å². The molecule has 4 N–H and O–H groups in total. The van der Waals surface area contributed by atoms with E-state index in [1.807, 2.05) is 57.4 Å². The number of aliphatic hydroxyl groups is 2. The maximum absolute atomic E-state index is 14.2. The van der Waals surface area contributed by atoms with E-state index in [4.69, 9.17) is 14.3 Å². The van der Waals surface area contributed by atoms with Crippen LogP contribution >= 0.6 is 0 Å². The predicted molar refractivity (Wildman–Crippen MR) is 202 cm³/mol. The van der Waals surface area contributed by atoms with Crippen LogP contribution in [0.15, 0.2) is 36.4 Å². The van der Waals surface area contributed by atoms with E-state index in [2.05, 4.69) is 31.4 Å². The summed E-state index contributed by atoms with van der Waals surface area (Å²) in [6.07, 6.45) is 0.391. The van der Waals surface area contributed by atoms with Gasteiger partial charge in [0.25, 0.3) is 5.91 Å². The van der Waals surface area contributed by atoms with E-state index < -0.39 is 42.1 Å². The van der Waals surface area contributed by atoms with Crippen molar-refractivity contribution in [1.82, 2.24) is 20.6 Å². The van der Waals surface area contributed by atoms with E-state index in [-0.39, 0.29) is 37.1 Å². The Morgan fingerprint density at radius 2 is 1.81 bits per heavy atom. The molecule has 3 aliphatic carbocycles. The maximum Gasteiger partial charge on any atom is 0.329 e. The van der Waals surface area contributed by atoms with Gasteiger partial charge in [-0.05, 0) is 80.8 Å². The number of nitrogens with zero attached hydrogens (tertiary/aromatic N) is 3. The highest BCUT2D eigenvalue weighted by Crippen LogP contribution is 2.61. The number of carbonyl (C=O) groups excluding carboxylic acids is 3. The van der Waals surface area contributed by atoms with Crippen molar-refractivity contribution in [2.75, 3.05) is 60.5 Å². The number of rotatable bonds is 14. The van der Waals surface area contributed by atoms with Crippen molar-refractivity contribution in [3.63, 3.8) is 0 Å². The molecular formula is C40H59N5O8. The first kappa shape index (κ1) is 40.4. The molecule has 9 atom stereocenters. The van der Waals surface area contributed by atoms with Gasteiger partial charge in [-0.2, -0.15) is 5.06 Å². The molecule has 2 amide bonds. The molecule has 0 aromatic heterocycles. The third-order valence-electron chi connectivity index (χ3n) is 12.0. The standard InChI is InChI=1S/C40H59N5O8/c1-22-30-17-27(40(30,3)4)18-31(22)41-38(49)35-34(23(2)47)33(21-46)53-45(35)19-24-12-11-13-29(36(24)51-9)25-14-26(16-28(15-25)44(7)8)37(48)42-32(20-43(5)6)39(50)52-10/h11-16,22-23,27,30-35,46-47H,17-21H2,1-10H3,(H,41,49)(H,42,48)/t22-,23-,27+,30-,31-,32?,33-,34+,35-/m0/s1. The number of nitrogens with one attached hydrogen (secondary N) is 2. The number of fused-ring (bicyclic) bond motifs is 2. The molecule has 2 aromatic rings. The number of hydroxylamine groups is 2. The number of anilines is 1. The number of hydrogen-bond acceptors (Lipinski definition) is 11. The molecule has 1 heterocycles. The van der Waals surface area contributed by atoms with Crippen LogP contribution in [0.3, 0.4) is 0 Å². The Morgan fingerprint density at radius 3 is 2.38 bits per heavy atom. The van der Waals surface area contributed by atoms with Crippen molar-refractivity contribution in [2.24, 2.45) is 29.1 Å². The molecule has 1 unspecified atom stereocenters. The van der Waals surface area contributed by atoms with Crippen molar-refractivity contribution in [3.05, 3.63) is 47.5 Å². The van der Waals surface area contributed by atoms with Crippen LogP contribution in [0.2, 0.25) is 0 Å². The molecule has 1 aliphatic heterocycles. The maximum atomic E-state index is 14.2. The number of likely N-dealkylation sites (N-methyl/N-ethyl adjacent to an activating group) is 1. The van der Waals surface area contributed by atoms with Crippen LogP contribution in [0.4, 0.5) is 5.69 Å². The lowest BCUT2D eigenvalue weighted by molar-refractivity contribution is -0.183. The number of carbonyl (C=O) groups is 3. The van der Waals surface area contributed by atoms with Gasteiger partial charge in [0.2, 0.25) is 5.91 Å². The topological polar surface area (TPSA) is 153 Å². The summed E-state index contributed by atoms with van der Waals surface area (Å²) in [5.41, 5.74) is 3.46. The molecule has 1 saturated heterocycles. The van der Waals surface area contributed by atoms with Gasteiger partial charge in [-0.3, -0.25) is 14.4 Å². The lowest BCUT2D eigenvalue weighted by Crippen LogP contribution is -2.62. The first-order valence-electron chi connectivity index (χ1n) is 18.6. The van der Waals surface area contributed by atoms with Crippen molar-refractivity contribution in [3.8, 4) is 16.9 Å². The summed E-state index contributed by atoms with van der Waals surface area (Å²) in [7, 11) is 10.2. The summed E-state index contributed by atoms with van der Waals surface area (Å²) >= 11 is 0. The average Bonchev–Trinajstić information content (AvgIpc) is 3.49. The molecule has 13 nitrogen and oxygen atoms in total. The zero-order valence-electron chi connectivity index (χ0n) is 32.9. The van der Waals surface area contributed by atoms with Crippen LogP contribution in [0.1, 0.15) is 56.5 Å². The zero-order chi connectivity index (χ0) is 38.9. The number of para-hydroxylation sites is 1. The highest BCUT2D eigenvalue weighted by Gasteiger charge is 2.57. The molecule has 0 spiro atoms. The van der Waals surface area contributed by atoms with Crippen LogP contribution in [0.5, 0.6) is 5.75 Å². The van der Waals surface area contributed by atoms with Crippen LogP contribution in [0, 0.1) is 29.1 Å². The second kappa shape index (κ2) is 16.3. The minimum Gasteiger partial charge on any atom is -0.496 e. The van der Waals surface area contributed by atoms with Gasteiger partial charge in [0, 0.05) is 55.0 Å². The van der Waals surface area contributed by atoms with Crippen molar-refractivity contribution < 1.29 is 38.9 Å². The van der Waals surface area contributed by atoms with E-state index >= 15 is 0 Å². The Hall–Kier alpha value is -3.75. The van der Waals surface area contributed by atoms with Gasteiger partial charge in [-0.25, -0.2) is 4.79 Å². The molecule has 53 heavy (non-hydrogen) atoms. The molecule has 13 heteroatoms. The second-order valence-electron chi connectivity index (χ2n) is 16.2. The third-order valence-corrected chi connectivity index (χ3v) is 12.0. The average molecular weight is 738 g/mol. The fourth-order valence-electron chi connectivity index (χ4n) is 8.91. The lowest BCUT2D eigenvalue weighted by atomic mass is 9.45. The van der Waals surface area contributed by atoms with Gasteiger partial charge >= 0.3 is 5.97 Å². The smallest absolute Gasteiger partial charge is 0.329 e. The largest absolute Gasteiger partial charge is 0.496 e. The molecule has 4 fully saturated rings. The number of hydrogen-bond donors (Lipinski definition) is 4. The molecule has 0 radical (unpaired) electrons. The summed E-state index contributed by atoms with van der Waals surface area (Å²) in [5, 5.41) is 29.0. The number of benzene rings is 2. The van der Waals surface area contributed by atoms with Crippen molar-refractivity contribution in [1.29, 1.82) is 0 Å². The van der Waals surface area contributed by atoms with Gasteiger partial charge in [-0.15, -0.1) is 0 Å². The molecule has 292 valence electrons. The molecular weight excluding hydrogens is 678 g/mol. The molecule has 6 rings (SSSR count). The fourth-order valence-corrected chi connectivity index (χ4v) is 8.91. The molecule has 2 aromatic carbocycles. The van der Waals surface area contributed by atoms with Gasteiger partial charge in [0.1, 0.15) is 23.9 Å². The highest BCUT2D eigenvalue weighted by atomic mass is 16.7. The normalized spacial score (nSPS) is 27.4. The van der Waals surface area contributed by atoms with Gasteiger partial charge in [-0.1, -0.05) is 39.0 Å². The zero-order valence-corrected chi connectivity index (χ0v) is 32.9. The van der Waals surface area contributed by atoms with E-state index in [9.17, 15) is 24.6 Å². The number of aliphatic hydroxyl groups excluding tert-OH is 2. The van der Waals surface area contributed by atoms with Crippen LogP contribution in [0.25, 0.3) is 11.1 Å². The number of esters is 1. The summed E-state index contributed by atoms with van der Waals surface area (Å²) in [5.74, 6) is 0.0450. The Bertz CT molecular complexity index is 1650. The van der Waals surface area contributed by atoms with Gasteiger partial charge in [0.05, 0.1) is 33.5 Å². The van der Waals surface area contributed by atoms with E-state index in [0.717, 1.165) is 12.1 Å². The van der Waals surface area contributed by atoms with Gasteiger partial charge in [0.15, 0.2) is 0 Å². The van der Waals surface area contributed by atoms with Crippen LogP contribution < -0.4 is 20.3 Å². The van der Waals surface area contributed by atoms with Crippen LogP contribution in [-0.2, 0) is 25.7 Å². The second-order valence-corrected chi connectivity index (χ2v) is 16.2. The SMILES string of the molecule is COC(=O)C(CN(C)C)NC(=O)c1cc(-c2cccc(CN3O[C@@H](CO)[C@@H]([C@H](C)O)[C@H]3C(=O)N[C@H]3C[C@H]4C[C@@H]([C@@H]3C)C4(C)C)c2OC)cc(N(C)C)c1. The summed E-state index contributed by atoms with van der Waals surface area (Å²) < 4.78 is 11.0. The minimum absolute atomic E-state index is 0.0166. The Balaban J connectivity index is 1.46. The van der Waals surface area contributed by atoms with E-state index in [0.29, 0.717) is 45.8 Å². The Morgan fingerprint density at radius 1 is 1.09 bits per heavy atom. The Labute approximate surface area is 313 Å². The molecule has 3 saturated carbocycles. The van der Waals surface area contributed by atoms with E-state index in [1.165, 1.54) is 13.5 Å². The first-order valence-corrected chi connectivity index (χ1v) is 18.6. The predicted octanol–water partition coefficient (Wildman–Crippen LogP) is 2.92. The van der Waals surface area contributed by atoms with Gasteiger partial charge < -0.3 is 40.1 Å². The summed E-state index contributed by atoms with van der Waals surface area (Å²) in [6.45, 7) is 8.51. The fraction of sp³-hybridized carbons (Fsp3) is 0.625. The highest BCUT2D eigenvalue weighted by molar-refractivity contribution is 5.99. The Kier molecular flexibility index (Phi) is 12.4. The monoisotopic (exact) mass is 737 g/mol. The number of ether oxygens (including phenoxy) is 2. The quantitative estimate of drug-likeness (QED) is 0.212. The lowest BCUT2D eigenvalue weighted by Gasteiger charge is -2.62. The number of methoxy groups -OCH3 is 2. The van der Waals surface area contributed by atoms with Crippen molar-refractivity contribution in [2.45, 2.75) is 77.4 Å². The molecule has 4 aliphatic rings. The third kappa shape index (κ3) is 8.19. The van der Waals surface area contributed by atoms with Crippen LogP contribution in [-0.4, -0.2) is 124 Å². The van der Waals surface area contributed by atoms with Crippen molar-refractivity contribution >= 4 is 23.5 Å². The summed E-state index contributed by atoms with van der Waals surface area (Å²) in [6, 6.07) is 9.38. The summed E-state index contributed by atoms with van der Waals surface area (Å²) in [4.78, 5) is 50.3. The molecule has 2 bridgehead atoms. The first-order chi connectivity index (χ1) is 25.0. The number of amides is 2. The minimum atomic E-state index is -0.924.